The van der Waals surface area contributed by atoms with E-state index in [2.05, 4.69) is 30.7 Å². The van der Waals surface area contributed by atoms with Gasteiger partial charge in [-0.3, -0.25) is 14.2 Å². The molecular weight excluding hydrogens is 765 g/mol. The van der Waals surface area contributed by atoms with Crippen LogP contribution in [0.25, 0.3) is 22.3 Å². The summed E-state index contributed by atoms with van der Waals surface area (Å²) in [5.41, 5.74) is 6.52. The van der Waals surface area contributed by atoms with Gasteiger partial charge in [0.05, 0.1) is 43.5 Å². The second kappa shape index (κ2) is 21.3. The molecule has 6 rings (SSSR count). The molecule has 0 aliphatic heterocycles. The average Bonchev–Trinajstić information content (AvgIpc) is 3.73. The quantitative estimate of drug-likeness (QED) is 0.0729. The van der Waals surface area contributed by atoms with Crippen LogP contribution in [0.2, 0.25) is 6.82 Å². The number of aromatic nitrogens is 4. The Bertz CT molecular complexity index is 2200. The Morgan fingerprint density at radius 2 is 1.05 bits per heavy atom. The molecule has 0 unspecified atom stereocenters. The minimum Gasteiger partial charge on any atom is -0.480 e. The van der Waals surface area contributed by atoms with Crippen molar-refractivity contribution < 1.29 is 41.4 Å². The molecular formula is C42H43BF6N4O3S. The number of hydrogen-bond acceptors (Lipinski definition) is 5. The number of rotatable bonds is 10. The van der Waals surface area contributed by atoms with Gasteiger partial charge in [0, 0.05) is 23.5 Å². The number of carbonyl (C=O) groups is 1. The molecule has 0 atom stereocenters. The van der Waals surface area contributed by atoms with Gasteiger partial charge >= 0.3 is 18.3 Å². The number of carboxylic acids is 1. The number of aliphatic hydroxyl groups is 1. The fourth-order valence-corrected chi connectivity index (χ4v) is 6.03. The Morgan fingerprint density at radius 1 is 0.649 bits per heavy atom. The zero-order chi connectivity index (χ0) is 42.3. The van der Waals surface area contributed by atoms with Gasteiger partial charge < -0.3 is 10.2 Å². The smallest absolute Gasteiger partial charge is 0.416 e. The molecule has 0 amide bonds. The lowest BCUT2D eigenvalue weighted by molar-refractivity contribution is -0.138. The Labute approximate surface area is 334 Å². The molecule has 6 aromatic rings. The van der Waals surface area contributed by atoms with Gasteiger partial charge in [0.1, 0.15) is 6.54 Å². The van der Waals surface area contributed by atoms with Crippen LogP contribution in [0.3, 0.4) is 0 Å². The second-order valence-electron chi connectivity index (χ2n) is 12.4. The van der Waals surface area contributed by atoms with Crippen LogP contribution in [0.1, 0.15) is 44.8 Å². The van der Waals surface area contributed by atoms with Crippen molar-refractivity contribution in [3.8, 4) is 22.3 Å². The van der Waals surface area contributed by atoms with Crippen LogP contribution >= 0.6 is 12.6 Å². The van der Waals surface area contributed by atoms with Crippen molar-refractivity contribution in [3.63, 3.8) is 0 Å². The Kier molecular flexibility index (Phi) is 17.2. The van der Waals surface area contributed by atoms with E-state index in [1.54, 1.807) is 36.2 Å². The fourth-order valence-electron chi connectivity index (χ4n) is 6.03. The van der Waals surface area contributed by atoms with Gasteiger partial charge in [-0.2, -0.15) is 49.2 Å². The van der Waals surface area contributed by atoms with Crippen molar-refractivity contribution in [1.29, 1.82) is 0 Å². The molecule has 2 radical (unpaired) electrons. The Balaban J connectivity index is 0.000000281. The van der Waals surface area contributed by atoms with E-state index in [1.165, 1.54) is 29.7 Å². The number of aryl methyl sites for hydroxylation is 2. The predicted molar refractivity (Wildman–Crippen MR) is 215 cm³/mol. The maximum absolute atomic E-state index is 13.0. The van der Waals surface area contributed by atoms with Crippen LogP contribution in [-0.2, 0) is 43.1 Å². The highest BCUT2D eigenvalue weighted by Crippen LogP contribution is 2.34. The number of nitrogens with zero attached hydrogens (tertiary/aromatic N) is 4. The molecule has 0 saturated carbocycles. The van der Waals surface area contributed by atoms with Crippen molar-refractivity contribution in [1.82, 2.24) is 19.6 Å². The molecule has 15 heteroatoms. The van der Waals surface area contributed by atoms with Crippen LogP contribution in [0.4, 0.5) is 26.3 Å². The molecule has 7 nitrogen and oxygen atoms in total. The van der Waals surface area contributed by atoms with Gasteiger partial charge in [0.15, 0.2) is 0 Å². The van der Waals surface area contributed by atoms with E-state index in [9.17, 15) is 31.1 Å². The first kappa shape index (κ1) is 46.1. The molecule has 0 spiro atoms. The topological polar surface area (TPSA) is 93.2 Å². The summed E-state index contributed by atoms with van der Waals surface area (Å²) in [6.45, 7) is 5.29. The van der Waals surface area contributed by atoms with E-state index in [1.807, 2.05) is 61.7 Å². The van der Waals surface area contributed by atoms with Gasteiger partial charge in [-0.05, 0) is 78.5 Å². The number of benzene rings is 4. The molecule has 0 aliphatic rings. The molecule has 2 N–H and O–H groups in total. The largest absolute Gasteiger partial charge is 0.480 e. The normalized spacial score (nSPS) is 11.0. The minimum atomic E-state index is -4.38. The molecule has 0 saturated heterocycles. The lowest BCUT2D eigenvalue weighted by Crippen LogP contribution is -2.08. The van der Waals surface area contributed by atoms with Crippen molar-refractivity contribution in [2.75, 3.05) is 12.9 Å². The van der Waals surface area contributed by atoms with E-state index in [0.717, 1.165) is 57.3 Å². The summed E-state index contributed by atoms with van der Waals surface area (Å²) in [6, 6.07) is 25.7. The summed E-state index contributed by atoms with van der Waals surface area (Å²) in [4.78, 5) is 10.9. The van der Waals surface area contributed by atoms with Gasteiger partial charge in [-0.25, -0.2) is 0 Å². The van der Waals surface area contributed by atoms with Gasteiger partial charge in [0.2, 0.25) is 0 Å². The maximum atomic E-state index is 13.0. The van der Waals surface area contributed by atoms with Gasteiger partial charge in [0.25, 0.3) is 0 Å². The highest BCUT2D eigenvalue weighted by Gasteiger charge is 2.31. The molecule has 0 aliphatic carbocycles. The first-order valence-corrected chi connectivity index (χ1v) is 18.4. The molecule has 2 heterocycles. The third kappa shape index (κ3) is 13.1. The lowest BCUT2D eigenvalue weighted by atomic mass is 9.95. The number of halogens is 6. The van der Waals surface area contributed by atoms with Gasteiger partial charge in [-0.15, -0.1) is 0 Å². The SMILES string of the molecule is CS.Cc1nn(CC(=O)O)cc1-c1ccccc1Cc1cccc(C(F)(F)F)c1.Cc1nn(CCO)cc1-c1ccccc1Cc1cccc(C(F)(F)F)c1.[B]C. The molecule has 2 aromatic heterocycles. The number of aliphatic carboxylic acids is 1. The van der Waals surface area contributed by atoms with Gasteiger partial charge in [-0.1, -0.05) is 91.8 Å². The van der Waals surface area contributed by atoms with E-state index in [4.69, 9.17) is 10.2 Å². The zero-order valence-electron chi connectivity index (χ0n) is 31.8. The van der Waals surface area contributed by atoms with Crippen LogP contribution in [-0.4, -0.2) is 56.5 Å². The van der Waals surface area contributed by atoms with Crippen molar-refractivity contribution >= 4 is 26.4 Å². The van der Waals surface area contributed by atoms with Crippen molar-refractivity contribution in [2.24, 2.45) is 0 Å². The van der Waals surface area contributed by atoms with E-state index >= 15 is 0 Å². The van der Waals surface area contributed by atoms with E-state index in [-0.39, 0.29) is 13.2 Å². The zero-order valence-corrected chi connectivity index (χ0v) is 32.7. The van der Waals surface area contributed by atoms with Crippen LogP contribution < -0.4 is 0 Å². The molecule has 300 valence electrons. The summed E-state index contributed by atoms with van der Waals surface area (Å²) in [5.74, 6) is -0.999. The molecule has 4 aromatic carbocycles. The summed E-state index contributed by atoms with van der Waals surface area (Å²) < 4.78 is 80.7. The highest BCUT2D eigenvalue weighted by molar-refractivity contribution is 7.79. The third-order valence-corrected chi connectivity index (χ3v) is 8.43. The second-order valence-corrected chi connectivity index (χ2v) is 12.4. The van der Waals surface area contributed by atoms with Crippen LogP contribution in [0.15, 0.2) is 109 Å². The first-order chi connectivity index (χ1) is 27.1. The van der Waals surface area contributed by atoms with Crippen molar-refractivity contribution in [2.45, 2.75) is 59.0 Å². The fraction of sp³-hybridized carbons (Fsp3) is 0.262. The minimum absolute atomic E-state index is 0.00750. The molecule has 0 bridgehead atoms. The first-order valence-electron chi connectivity index (χ1n) is 17.5. The maximum Gasteiger partial charge on any atom is 0.416 e. The van der Waals surface area contributed by atoms with E-state index < -0.39 is 29.4 Å². The monoisotopic (exact) mass is 808 g/mol. The Hall–Kier alpha value is -5.28. The number of carboxylic acid groups (broad SMARTS) is 1. The highest BCUT2D eigenvalue weighted by atomic mass is 32.1. The number of aliphatic hydroxyl groups excluding tert-OH is 1. The number of thiol groups is 1. The van der Waals surface area contributed by atoms with Crippen molar-refractivity contribution in [3.05, 3.63) is 154 Å². The predicted octanol–water partition coefficient (Wildman–Crippen LogP) is 9.76. The summed E-state index contributed by atoms with van der Waals surface area (Å²) in [6.07, 6.45) is -2.82. The summed E-state index contributed by atoms with van der Waals surface area (Å²) in [7, 11) is 4.50. The van der Waals surface area contributed by atoms with E-state index in [0.29, 0.717) is 36.2 Å². The summed E-state index contributed by atoms with van der Waals surface area (Å²) in [5, 5.41) is 26.6. The standard InChI is InChI=1S/C20H17F3N2O2.C20H19F3N2O.CH3B.CH4S/c1-13-18(11-25(24-13)12-19(26)27)17-8-3-2-6-15(17)9-14-5-4-7-16(10-14)20(21,22)23;1-14-19(13-25(24-14)9-10-26)18-8-3-2-6-16(18)11-15-5-4-7-17(12-15)20(21,22)23;2*1-2/h2-8,10-11H,9,12H2,1H3,(H,26,27);2-8,12-13,26H,9-11H2,1H3;1H3;2H,1H3. The number of alkyl halides is 6. The molecule has 57 heavy (non-hydrogen) atoms. The molecule has 0 fully saturated rings. The summed E-state index contributed by atoms with van der Waals surface area (Å²) >= 11 is 3.53. The lowest BCUT2D eigenvalue weighted by Gasteiger charge is -2.11. The van der Waals surface area contributed by atoms with Crippen LogP contribution in [0.5, 0.6) is 0 Å². The number of hydrogen-bond donors (Lipinski definition) is 3. The third-order valence-electron chi connectivity index (χ3n) is 8.43. The Morgan fingerprint density at radius 3 is 1.46 bits per heavy atom. The average molecular weight is 809 g/mol. The van der Waals surface area contributed by atoms with Crippen LogP contribution in [0, 0.1) is 13.8 Å².